The number of nitrogen functional groups attached to an aromatic ring is 1. The number of alkyl halides is 3. The molecule has 3 aromatic carbocycles. The van der Waals surface area contributed by atoms with E-state index in [0.29, 0.717) is 29.3 Å². The highest BCUT2D eigenvalue weighted by molar-refractivity contribution is 7.08. The van der Waals surface area contributed by atoms with E-state index in [9.17, 15) is 27.2 Å². The second-order valence-electron chi connectivity index (χ2n) is 8.05. The summed E-state index contributed by atoms with van der Waals surface area (Å²) in [5.41, 5.74) is 10.7. The van der Waals surface area contributed by atoms with Gasteiger partial charge in [-0.1, -0.05) is 18.2 Å². The number of carbonyl (C=O) groups excluding carboxylic acids is 2. The Balaban J connectivity index is 1.48. The molecule has 0 spiro atoms. The molecule has 39 heavy (non-hydrogen) atoms. The van der Waals surface area contributed by atoms with Gasteiger partial charge in [-0.05, 0) is 53.4 Å². The first-order valence-corrected chi connectivity index (χ1v) is 11.9. The van der Waals surface area contributed by atoms with Gasteiger partial charge >= 0.3 is 12.2 Å². The number of nitrogens with two attached hydrogens (primary N) is 2. The Morgan fingerprint density at radius 2 is 1.64 bits per heavy atom. The van der Waals surface area contributed by atoms with Crippen molar-refractivity contribution < 1.29 is 31.5 Å². The van der Waals surface area contributed by atoms with Gasteiger partial charge in [0.25, 0.3) is 5.91 Å². The molecule has 1 aromatic heterocycles. The van der Waals surface area contributed by atoms with Crippen LogP contribution in [0.2, 0.25) is 0 Å². The number of hydrogen-bond acceptors (Lipinski definition) is 4. The molecule has 13 heteroatoms. The minimum absolute atomic E-state index is 0.0385. The van der Waals surface area contributed by atoms with Gasteiger partial charge < -0.3 is 22.1 Å². The van der Waals surface area contributed by atoms with Crippen LogP contribution in [0.5, 0.6) is 0 Å². The number of amidine groups is 1. The van der Waals surface area contributed by atoms with Gasteiger partial charge in [-0.3, -0.25) is 4.79 Å². The van der Waals surface area contributed by atoms with Crippen LogP contribution in [-0.2, 0) is 6.18 Å². The molecule has 4 aromatic rings. The van der Waals surface area contributed by atoms with E-state index >= 15 is 4.39 Å². The van der Waals surface area contributed by atoms with Crippen molar-refractivity contribution in [2.24, 2.45) is 10.7 Å². The van der Waals surface area contributed by atoms with Crippen molar-refractivity contribution in [2.45, 2.75) is 6.18 Å². The van der Waals surface area contributed by atoms with Crippen LogP contribution >= 0.6 is 11.3 Å². The molecule has 200 valence electrons. The molecule has 6 N–H and O–H groups in total. The molecular weight excluding hydrogens is 541 g/mol. The van der Waals surface area contributed by atoms with Gasteiger partial charge in [0.2, 0.25) is 0 Å². The van der Waals surface area contributed by atoms with E-state index in [1.54, 1.807) is 16.8 Å². The number of halogens is 5. The Labute approximate surface area is 222 Å². The number of carbonyl (C=O) groups is 2. The van der Waals surface area contributed by atoms with E-state index in [-0.39, 0.29) is 28.3 Å². The average Bonchev–Trinajstić information content (AvgIpc) is 3.42. The van der Waals surface area contributed by atoms with Crippen molar-refractivity contribution in [1.29, 1.82) is 0 Å². The molecule has 0 radical (unpaired) electrons. The molecule has 0 saturated carbocycles. The maximum absolute atomic E-state index is 15.1. The molecule has 0 fully saturated rings. The number of thiophene rings is 1. The number of hydrogen-bond donors (Lipinski definition) is 4. The Morgan fingerprint density at radius 3 is 2.28 bits per heavy atom. The molecule has 4 rings (SSSR count). The molecule has 0 unspecified atom stereocenters. The zero-order chi connectivity index (χ0) is 28.3. The predicted octanol–water partition coefficient (Wildman–Crippen LogP) is 6.48. The smallest absolute Gasteiger partial charge is 0.396 e. The molecule has 7 nitrogen and oxygen atoms in total. The number of rotatable bonds is 5. The first-order chi connectivity index (χ1) is 18.4. The fourth-order valence-corrected chi connectivity index (χ4v) is 4.10. The lowest BCUT2D eigenvalue weighted by atomic mass is 10.0. The summed E-state index contributed by atoms with van der Waals surface area (Å²) < 4.78 is 67.6. The molecule has 0 aliphatic rings. The molecule has 3 amide bonds. The normalized spacial score (nSPS) is 11.8. The number of nitrogens with one attached hydrogen (secondary N) is 2. The van der Waals surface area contributed by atoms with Crippen LogP contribution in [0, 0.1) is 11.6 Å². The van der Waals surface area contributed by atoms with Crippen LogP contribution in [0.4, 0.5) is 43.8 Å². The number of urea groups is 1. The molecule has 0 atom stereocenters. The van der Waals surface area contributed by atoms with Crippen molar-refractivity contribution in [3.05, 3.63) is 99.7 Å². The van der Waals surface area contributed by atoms with E-state index in [4.69, 9.17) is 11.5 Å². The van der Waals surface area contributed by atoms with Gasteiger partial charge in [0.05, 0.1) is 22.5 Å². The van der Waals surface area contributed by atoms with Crippen molar-refractivity contribution >= 4 is 46.2 Å². The highest BCUT2D eigenvalue weighted by atomic mass is 32.1. The third kappa shape index (κ3) is 6.21. The summed E-state index contributed by atoms with van der Waals surface area (Å²) in [5.74, 6) is -2.71. The first-order valence-electron chi connectivity index (χ1n) is 11.0. The van der Waals surface area contributed by atoms with Crippen molar-refractivity contribution in [3.8, 4) is 11.1 Å². The van der Waals surface area contributed by atoms with E-state index in [1.165, 1.54) is 47.7 Å². The van der Waals surface area contributed by atoms with Gasteiger partial charge in [0, 0.05) is 22.2 Å². The van der Waals surface area contributed by atoms with Crippen LogP contribution in [0.15, 0.2) is 76.4 Å². The van der Waals surface area contributed by atoms with E-state index in [0.717, 1.165) is 0 Å². The largest absolute Gasteiger partial charge is 0.416 e. The minimum atomic E-state index is -4.71. The third-order valence-electron chi connectivity index (χ3n) is 5.44. The Kier molecular flexibility index (Phi) is 7.63. The maximum atomic E-state index is 15.1. The summed E-state index contributed by atoms with van der Waals surface area (Å²) in [7, 11) is 0. The molecule has 0 saturated heterocycles. The van der Waals surface area contributed by atoms with E-state index < -0.39 is 41.0 Å². The summed E-state index contributed by atoms with van der Waals surface area (Å²) in [6.45, 7) is 0. The molecular formula is C26H18F5N5O2S. The Morgan fingerprint density at radius 1 is 0.923 bits per heavy atom. The molecule has 1 heterocycles. The quantitative estimate of drug-likeness (QED) is 0.0967. The van der Waals surface area contributed by atoms with Crippen LogP contribution in [0.3, 0.4) is 0 Å². The molecule has 0 aliphatic carbocycles. The zero-order valence-corrected chi connectivity index (χ0v) is 20.5. The predicted molar refractivity (Wildman–Crippen MR) is 140 cm³/mol. The van der Waals surface area contributed by atoms with Crippen molar-refractivity contribution in [1.82, 2.24) is 0 Å². The van der Waals surface area contributed by atoms with Crippen LogP contribution in [-0.4, -0.2) is 17.8 Å². The summed E-state index contributed by atoms with van der Waals surface area (Å²) >= 11 is 1.31. The zero-order valence-electron chi connectivity index (χ0n) is 19.6. The van der Waals surface area contributed by atoms with Gasteiger partial charge in [0.1, 0.15) is 11.7 Å². The number of nitrogens with zero attached hydrogens (tertiary/aromatic N) is 1. The van der Waals surface area contributed by atoms with Crippen molar-refractivity contribution in [2.75, 3.05) is 16.4 Å². The standard InChI is InChI=1S/C26H18F5N5O2S/c27-19-8-3-15(26(29,30)31)11-20(19)35-25(38)34-16-4-1-13(2-5-16)17-6-7-18(22(32)21(17)28)23(33)36-24(37)14-9-10-39-12-14/h1-12H,32H2,(H2,33,36,37)(H2,34,35,38). The summed E-state index contributed by atoms with van der Waals surface area (Å²) in [6, 6.07) is 10.7. The van der Waals surface area contributed by atoms with Gasteiger partial charge in [-0.2, -0.15) is 29.5 Å². The van der Waals surface area contributed by atoms with Crippen molar-refractivity contribution in [3.63, 3.8) is 0 Å². The fourth-order valence-electron chi connectivity index (χ4n) is 3.47. The number of amides is 3. The van der Waals surface area contributed by atoms with Crippen LogP contribution in [0.25, 0.3) is 11.1 Å². The Hall–Kier alpha value is -4.78. The fraction of sp³-hybridized carbons (Fsp3) is 0.0385. The van der Waals surface area contributed by atoms with Gasteiger partial charge in [-0.25, -0.2) is 13.6 Å². The third-order valence-corrected chi connectivity index (χ3v) is 6.12. The first kappa shape index (κ1) is 27.3. The summed E-state index contributed by atoms with van der Waals surface area (Å²) in [5, 5.41) is 7.67. The monoisotopic (exact) mass is 559 g/mol. The molecule has 0 bridgehead atoms. The summed E-state index contributed by atoms with van der Waals surface area (Å²) in [4.78, 5) is 28.1. The topological polar surface area (TPSA) is 123 Å². The lowest BCUT2D eigenvalue weighted by molar-refractivity contribution is -0.137. The maximum Gasteiger partial charge on any atom is 0.416 e. The number of benzene rings is 3. The average molecular weight is 560 g/mol. The van der Waals surface area contributed by atoms with Gasteiger partial charge in [-0.15, -0.1) is 0 Å². The SMILES string of the molecule is NC(=NC(=O)c1ccsc1)c1ccc(-c2ccc(NC(=O)Nc3cc(C(F)(F)F)ccc3F)cc2)c(F)c1N. The molecule has 0 aliphatic heterocycles. The minimum Gasteiger partial charge on any atom is -0.396 e. The second kappa shape index (κ2) is 10.9. The second-order valence-corrected chi connectivity index (χ2v) is 8.83. The van der Waals surface area contributed by atoms with Gasteiger partial charge in [0.15, 0.2) is 5.82 Å². The van der Waals surface area contributed by atoms with E-state index in [2.05, 4.69) is 10.3 Å². The lowest BCUT2D eigenvalue weighted by Gasteiger charge is -2.13. The Bertz CT molecular complexity index is 1570. The van der Waals surface area contributed by atoms with Crippen LogP contribution < -0.4 is 22.1 Å². The highest BCUT2D eigenvalue weighted by Crippen LogP contribution is 2.32. The lowest BCUT2D eigenvalue weighted by Crippen LogP contribution is -2.20. The van der Waals surface area contributed by atoms with Crippen LogP contribution in [0.1, 0.15) is 21.5 Å². The number of aliphatic imine (C=N–C) groups is 1. The highest BCUT2D eigenvalue weighted by Gasteiger charge is 2.31. The number of anilines is 3. The summed E-state index contributed by atoms with van der Waals surface area (Å²) in [6.07, 6.45) is -4.71. The van der Waals surface area contributed by atoms with E-state index in [1.807, 2.05) is 5.32 Å².